The molecule has 0 saturated carbocycles. The normalized spacial score (nSPS) is 12.2. The molecule has 100 valence electrons. The Morgan fingerprint density at radius 1 is 1.11 bits per heavy atom. The van der Waals surface area contributed by atoms with Gasteiger partial charge in [-0.25, -0.2) is 4.21 Å². The molecule has 0 heterocycles. The van der Waals surface area contributed by atoms with Crippen LogP contribution >= 0.6 is 11.6 Å². The molecule has 0 amide bonds. The summed E-state index contributed by atoms with van der Waals surface area (Å²) in [5.41, 5.74) is 2.30. The van der Waals surface area contributed by atoms with Crippen LogP contribution in [0.3, 0.4) is 0 Å². The second kappa shape index (κ2) is 7.75. The van der Waals surface area contributed by atoms with E-state index in [4.69, 9.17) is 11.6 Å². The fourth-order valence-corrected chi connectivity index (χ4v) is 3.33. The molecule has 1 rings (SSSR count). The molecule has 1 unspecified atom stereocenters. The Balaban J connectivity index is 2.99. The topological polar surface area (TPSA) is 17.1 Å². The number of benzene rings is 1. The van der Waals surface area contributed by atoms with E-state index in [2.05, 4.69) is 13.8 Å². The monoisotopic (exact) mass is 284 g/mol. The van der Waals surface area contributed by atoms with Crippen molar-refractivity contribution < 1.29 is 4.21 Å². The third-order valence-electron chi connectivity index (χ3n) is 2.78. The van der Waals surface area contributed by atoms with Crippen LogP contribution in [0.5, 0.6) is 0 Å². The number of halogens is 1. The molecule has 18 heavy (non-hydrogen) atoms. The zero-order valence-corrected chi connectivity index (χ0v) is 12.9. The predicted molar refractivity (Wildman–Crippen MR) is 80.3 cm³/mol. The Bertz CT molecular complexity index is 426. The van der Waals surface area contributed by atoms with Crippen LogP contribution in [0.15, 0.2) is 39.1 Å². The van der Waals surface area contributed by atoms with E-state index >= 15 is 0 Å². The molecule has 0 aromatic heterocycles. The van der Waals surface area contributed by atoms with Crippen LogP contribution < -0.4 is 0 Å². The molecule has 3 heteroatoms. The second-order valence-corrected chi connectivity index (χ2v) is 6.48. The molecule has 0 bridgehead atoms. The van der Waals surface area contributed by atoms with Crippen LogP contribution in [-0.2, 0) is 10.8 Å². The van der Waals surface area contributed by atoms with Gasteiger partial charge >= 0.3 is 0 Å². The van der Waals surface area contributed by atoms with E-state index in [-0.39, 0.29) is 0 Å². The predicted octanol–water partition coefficient (Wildman–Crippen LogP) is 5.15. The Labute approximate surface area is 118 Å². The fourth-order valence-electron chi connectivity index (χ4n) is 1.82. The second-order valence-electron chi connectivity index (χ2n) is 4.46. The number of allylic oxidation sites excluding steroid dienone is 1. The summed E-state index contributed by atoms with van der Waals surface area (Å²) < 4.78 is 12.9. The van der Waals surface area contributed by atoms with Crippen LogP contribution in [0, 0.1) is 6.92 Å². The summed E-state index contributed by atoms with van der Waals surface area (Å²) in [4.78, 5) is 0.787. The van der Waals surface area contributed by atoms with Crippen molar-refractivity contribution >= 4 is 22.4 Å². The molecule has 1 aromatic rings. The molecule has 0 N–H and O–H groups in total. The zero-order chi connectivity index (χ0) is 13.5. The van der Waals surface area contributed by atoms with Gasteiger partial charge in [-0.05, 0) is 37.5 Å². The van der Waals surface area contributed by atoms with Gasteiger partial charge in [-0.15, -0.1) is 0 Å². The molecule has 1 atom stereocenters. The summed E-state index contributed by atoms with van der Waals surface area (Å²) >= 11 is 6.31. The van der Waals surface area contributed by atoms with Gasteiger partial charge in [0.25, 0.3) is 0 Å². The SMILES string of the molecule is CCCC(CCC)=C(Cl)S(=O)c1ccc(C)cc1. The van der Waals surface area contributed by atoms with Crippen LogP contribution in [0.25, 0.3) is 0 Å². The van der Waals surface area contributed by atoms with Gasteiger partial charge < -0.3 is 0 Å². The van der Waals surface area contributed by atoms with Crippen molar-refractivity contribution in [3.05, 3.63) is 39.8 Å². The lowest BCUT2D eigenvalue weighted by Gasteiger charge is -2.09. The number of hydrogen-bond acceptors (Lipinski definition) is 1. The lowest BCUT2D eigenvalue weighted by Crippen LogP contribution is -1.96. The molecule has 1 nitrogen and oxygen atoms in total. The first kappa shape index (κ1) is 15.5. The van der Waals surface area contributed by atoms with E-state index in [1.165, 1.54) is 0 Å². The van der Waals surface area contributed by atoms with Gasteiger partial charge in [-0.3, -0.25) is 0 Å². The van der Waals surface area contributed by atoms with Gasteiger partial charge in [0.2, 0.25) is 0 Å². The summed E-state index contributed by atoms with van der Waals surface area (Å²) in [6, 6.07) is 7.72. The van der Waals surface area contributed by atoms with E-state index in [0.29, 0.717) is 4.36 Å². The van der Waals surface area contributed by atoms with Crippen molar-refractivity contribution in [1.29, 1.82) is 0 Å². The summed E-state index contributed by atoms with van der Waals surface area (Å²) in [5.74, 6) is 0. The molecule has 0 aliphatic rings. The number of rotatable bonds is 6. The number of aryl methyl sites for hydroxylation is 1. The van der Waals surface area contributed by atoms with E-state index in [1.54, 1.807) is 0 Å². The molecule has 1 aromatic carbocycles. The van der Waals surface area contributed by atoms with Gasteiger partial charge in [-0.2, -0.15) is 0 Å². The highest BCUT2D eigenvalue weighted by molar-refractivity contribution is 7.90. The van der Waals surface area contributed by atoms with Gasteiger partial charge in [0.15, 0.2) is 0 Å². The smallest absolute Gasteiger partial charge is 0.109 e. The molecule has 0 spiro atoms. The number of hydrogen-bond donors (Lipinski definition) is 0. The van der Waals surface area contributed by atoms with Crippen LogP contribution in [0.2, 0.25) is 0 Å². The summed E-state index contributed by atoms with van der Waals surface area (Å²) in [7, 11) is -1.22. The van der Waals surface area contributed by atoms with Crippen LogP contribution in [0.4, 0.5) is 0 Å². The zero-order valence-electron chi connectivity index (χ0n) is 11.3. The summed E-state index contributed by atoms with van der Waals surface area (Å²) in [5, 5.41) is 0. The minimum absolute atomic E-state index is 0.530. The van der Waals surface area contributed by atoms with Crippen molar-refractivity contribution in [3.8, 4) is 0 Å². The van der Waals surface area contributed by atoms with E-state index in [0.717, 1.165) is 41.7 Å². The third-order valence-corrected chi connectivity index (χ3v) is 4.78. The highest BCUT2D eigenvalue weighted by atomic mass is 35.5. The Hall–Kier alpha value is -0.600. The molecule has 0 aliphatic carbocycles. The first-order valence-corrected chi connectivity index (χ1v) is 7.98. The lowest BCUT2D eigenvalue weighted by atomic mass is 10.1. The Kier molecular flexibility index (Phi) is 6.66. The van der Waals surface area contributed by atoms with E-state index < -0.39 is 10.8 Å². The molecule has 0 saturated heterocycles. The maximum Gasteiger partial charge on any atom is 0.109 e. The van der Waals surface area contributed by atoms with Gasteiger partial charge in [-0.1, -0.05) is 56.0 Å². The van der Waals surface area contributed by atoms with Crippen molar-refractivity contribution in [3.63, 3.8) is 0 Å². The molecule has 0 radical (unpaired) electrons. The average molecular weight is 285 g/mol. The highest BCUT2D eigenvalue weighted by Gasteiger charge is 2.12. The van der Waals surface area contributed by atoms with E-state index in [1.807, 2.05) is 31.2 Å². The van der Waals surface area contributed by atoms with Crippen LogP contribution in [0.1, 0.15) is 45.1 Å². The van der Waals surface area contributed by atoms with Crippen LogP contribution in [-0.4, -0.2) is 4.21 Å². The minimum atomic E-state index is -1.22. The quantitative estimate of drug-likeness (QED) is 0.706. The van der Waals surface area contributed by atoms with Gasteiger partial charge in [0.1, 0.15) is 4.36 Å². The highest BCUT2D eigenvalue weighted by Crippen LogP contribution is 2.26. The van der Waals surface area contributed by atoms with Crippen molar-refractivity contribution in [2.75, 3.05) is 0 Å². The van der Waals surface area contributed by atoms with E-state index in [9.17, 15) is 4.21 Å². The molecular formula is C15H21ClOS. The molecule has 0 aliphatic heterocycles. The average Bonchev–Trinajstić information content (AvgIpc) is 2.38. The Morgan fingerprint density at radius 2 is 1.61 bits per heavy atom. The molecular weight excluding hydrogens is 264 g/mol. The van der Waals surface area contributed by atoms with Crippen molar-refractivity contribution in [2.24, 2.45) is 0 Å². The standard InChI is InChI=1S/C15H21ClOS/c1-4-6-13(7-5-2)15(16)18(17)14-10-8-12(3)9-11-14/h8-11H,4-7H2,1-3H3. The van der Waals surface area contributed by atoms with Crippen molar-refractivity contribution in [1.82, 2.24) is 0 Å². The first-order valence-electron chi connectivity index (χ1n) is 6.46. The fraction of sp³-hybridized carbons (Fsp3) is 0.467. The minimum Gasteiger partial charge on any atom is -0.248 e. The van der Waals surface area contributed by atoms with Crippen molar-refractivity contribution in [2.45, 2.75) is 51.3 Å². The maximum absolute atomic E-state index is 12.4. The largest absolute Gasteiger partial charge is 0.248 e. The van der Waals surface area contributed by atoms with Gasteiger partial charge in [0.05, 0.1) is 10.8 Å². The molecule has 0 fully saturated rings. The van der Waals surface area contributed by atoms with Gasteiger partial charge in [0, 0.05) is 4.90 Å². The first-order chi connectivity index (χ1) is 8.60. The Morgan fingerprint density at radius 3 is 2.06 bits per heavy atom. The maximum atomic E-state index is 12.4. The lowest BCUT2D eigenvalue weighted by molar-refractivity contribution is 0.687. The summed E-state index contributed by atoms with van der Waals surface area (Å²) in [6.45, 7) is 6.26. The third kappa shape index (κ3) is 4.25. The summed E-state index contributed by atoms with van der Waals surface area (Å²) in [6.07, 6.45) is 3.95.